The van der Waals surface area contributed by atoms with Crippen molar-refractivity contribution < 1.29 is 13.9 Å². The Labute approximate surface area is 132 Å². The first-order valence-corrected chi connectivity index (χ1v) is 8.01. The number of rotatable bonds is 7. The van der Waals surface area contributed by atoms with Crippen LogP contribution in [0.3, 0.4) is 0 Å². The maximum absolute atomic E-state index is 11.7. The van der Waals surface area contributed by atoms with E-state index >= 15 is 0 Å². The monoisotopic (exact) mass is 325 g/mol. The molecule has 0 aromatic carbocycles. The molecule has 2 rings (SSSR count). The molecule has 120 valence electrons. The minimum absolute atomic E-state index is 0.207. The highest BCUT2D eigenvalue weighted by Gasteiger charge is 2.16. The Bertz CT molecular complexity index is 701. The quantitative estimate of drug-likeness (QED) is 0.621. The first-order chi connectivity index (χ1) is 10.6. The van der Waals surface area contributed by atoms with Gasteiger partial charge in [-0.1, -0.05) is 25.1 Å². The lowest BCUT2D eigenvalue weighted by Crippen LogP contribution is -2.17. The number of hydrogen-bond donors (Lipinski definition) is 1. The standard InChI is InChI=1S/C14H19N3O4S/c1-4-5-6-17-13(19)15-16-14(17)22-8-10-7-11(9(2)21-10)12(18)20-3/h7H,4-6,8H2,1-3H3,(H,15,19). The molecule has 7 nitrogen and oxygen atoms in total. The Morgan fingerprint density at radius 3 is 3.00 bits per heavy atom. The molecule has 22 heavy (non-hydrogen) atoms. The number of aromatic amines is 1. The number of carbonyl (C=O) groups excluding carboxylic acids is 1. The van der Waals surface area contributed by atoms with Gasteiger partial charge < -0.3 is 9.15 Å². The molecule has 0 aliphatic heterocycles. The van der Waals surface area contributed by atoms with Crippen LogP contribution in [-0.2, 0) is 17.0 Å². The molecule has 0 saturated carbocycles. The van der Waals surface area contributed by atoms with Crippen molar-refractivity contribution in [3.63, 3.8) is 0 Å². The molecule has 0 atom stereocenters. The average Bonchev–Trinajstić information content (AvgIpc) is 3.05. The van der Waals surface area contributed by atoms with Gasteiger partial charge in [0.15, 0.2) is 5.16 Å². The number of aryl methyl sites for hydroxylation is 1. The highest BCUT2D eigenvalue weighted by atomic mass is 32.2. The molecule has 2 aromatic rings. The van der Waals surface area contributed by atoms with Crippen LogP contribution in [0.5, 0.6) is 0 Å². The summed E-state index contributed by atoms with van der Waals surface area (Å²) in [5.74, 6) is 1.22. The number of hydrogen-bond acceptors (Lipinski definition) is 6. The molecule has 8 heteroatoms. The summed E-state index contributed by atoms with van der Waals surface area (Å²) in [7, 11) is 1.33. The summed E-state index contributed by atoms with van der Waals surface area (Å²) >= 11 is 1.39. The average molecular weight is 325 g/mol. The van der Waals surface area contributed by atoms with Crippen molar-refractivity contribution in [2.75, 3.05) is 7.11 Å². The van der Waals surface area contributed by atoms with Crippen LogP contribution >= 0.6 is 11.8 Å². The highest BCUT2D eigenvalue weighted by molar-refractivity contribution is 7.98. The van der Waals surface area contributed by atoms with Gasteiger partial charge in [-0.05, 0) is 19.4 Å². The van der Waals surface area contributed by atoms with E-state index < -0.39 is 5.97 Å². The van der Waals surface area contributed by atoms with Gasteiger partial charge in [-0.2, -0.15) is 0 Å². The van der Waals surface area contributed by atoms with E-state index in [-0.39, 0.29) is 5.69 Å². The van der Waals surface area contributed by atoms with Crippen LogP contribution in [0.15, 0.2) is 20.4 Å². The smallest absolute Gasteiger partial charge is 0.343 e. The summed E-state index contributed by atoms with van der Waals surface area (Å²) in [6, 6.07) is 1.66. The number of H-pyrrole nitrogens is 1. The molecule has 1 N–H and O–H groups in total. The van der Waals surface area contributed by atoms with E-state index in [1.54, 1.807) is 17.6 Å². The lowest BCUT2D eigenvalue weighted by Gasteiger charge is -2.03. The number of nitrogens with one attached hydrogen (secondary N) is 1. The maximum Gasteiger partial charge on any atom is 0.343 e. The van der Waals surface area contributed by atoms with E-state index in [0.717, 1.165) is 12.8 Å². The number of unbranched alkanes of at least 4 members (excludes halogenated alkanes) is 1. The Morgan fingerprint density at radius 2 is 2.32 bits per heavy atom. The predicted molar refractivity (Wildman–Crippen MR) is 82.1 cm³/mol. The van der Waals surface area contributed by atoms with Crippen molar-refractivity contribution in [2.45, 2.75) is 44.1 Å². The van der Waals surface area contributed by atoms with Crippen LogP contribution in [0.4, 0.5) is 0 Å². The molecular formula is C14H19N3O4S. The molecule has 0 radical (unpaired) electrons. The van der Waals surface area contributed by atoms with Crippen LogP contribution < -0.4 is 5.69 Å². The third-order valence-corrected chi connectivity index (χ3v) is 4.17. The fourth-order valence-corrected chi connectivity index (χ4v) is 2.84. The van der Waals surface area contributed by atoms with E-state index in [0.29, 0.717) is 34.5 Å². The molecule has 0 bridgehead atoms. The molecule has 0 unspecified atom stereocenters. The number of thioether (sulfide) groups is 1. The van der Waals surface area contributed by atoms with Crippen LogP contribution in [-0.4, -0.2) is 27.8 Å². The van der Waals surface area contributed by atoms with Gasteiger partial charge in [-0.25, -0.2) is 14.7 Å². The SMILES string of the molecule is CCCCn1c(SCc2cc(C(=O)OC)c(C)o2)n[nH]c1=O. The maximum atomic E-state index is 11.7. The fourth-order valence-electron chi connectivity index (χ4n) is 1.99. The van der Waals surface area contributed by atoms with Gasteiger partial charge >= 0.3 is 11.7 Å². The first kappa shape index (κ1) is 16.4. The van der Waals surface area contributed by atoms with Gasteiger partial charge in [0.25, 0.3) is 0 Å². The number of methoxy groups -OCH3 is 1. The predicted octanol–water partition coefficient (Wildman–Crippen LogP) is 2.35. The van der Waals surface area contributed by atoms with Crippen molar-refractivity contribution in [1.29, 1.82) is 0 Å². The van der Waals surface area contributed by atoms with E-state index in [2.05, 4.69) is 17.1 Å². The topological polar surface area (TPSA) is 90.1 Å². The second kappa shape index (κ2) is 7.35. The molecule has 2 aromatic heterocycles. The van der Waals surface area contributed by atoms with Crippen molar-refractivity contribution in [3.05, 3.63) is 33.6 Å². The second-order valence-corrected chi connectivity index (χ2v) is 5.72. The van der Waals surface area contributed by atoms with Crippen LogP contribution in [0.25, 0.3) is 0 Å². The van der Waals surface area contributed by atoms with Gasteiger partial charge in [0.1, 0.15) is 17.1 Å². The molecule has 0 aliphatic carbocycles. The summed E-state index contributed by atoms with van der Waals surface area (Å²) in [5.41, 5.74) is 0.213. The van der Waals surface area contributed by atoms with E-state index in [4.69, 9.17) is 9.15 Å². The zero-order valence-corrected chi connectivity index (χ0v) is 13.7. The third kappa shape index (κ3) is 3.62. The second-order valence-electron chi connectivity index (χ2n) is 4.78. The molecule has 2 heterocycles. The summed E-state index contributed by atoms with van der Waals surface area (Å²) in [6.45, 7) is 4.42. The van der Waals surface area contributed by atoms with Gasteiger partial charge in [0, 0.05) is 6.54 Å². The number of carbonyl (C=O) groups is 1. The third-order valence-electron chi connectivity index (χ3n) is 3.18. The Balaban J connectivity index is 2.07. The Hall–Kier alpha value is -1.96. The van der Waals surface area contributed by atoms with Crippen molar-refractivity contribution in [2.24, 2.45) is 0 Å². The number of aromatic nitrogens is 3. The van der Waals surface area contributed by atoms with E-state index in [9.17, 15) is 9.59 Å². The number of furan rings is 1. The van der Waals surface area contributed by atoms with E-state index in [1.165, 1.54) is 18.9 Å². The lowest BCUT2D eigenvalue weighted by atomic mass is 10.2. The van der Waals surface area contributed by atoms with Gasteiger partial charge in [0.05, 0.1) is 12.9 Å². The molecule has 0 spiro atoms. The lowest BCUT2D eigenvalue weighted by molar-refractivity contribution is 0.0599. The van der Waals surface area contributed by atoms with Crippen molar-refractivity contribution >= 4 is 17.7 Å². The molecule has 0 aliphatic rings. The summed E-state index contributed by atoms with van der Waals surface area (Å²) < 4.78 is 11.8. The van der Waals surface area contributed by atoms with Crippen LogP contribution in [0, 0.1) is 6.92 Å². The molecule has 0 saturated heterocycles. The Kier molecular flexibility index (Phi) is 5.48. The van der Waals surface area contributed by atoms with Crippen molar-refractivity contribution in [3.8, 4) is 0 Å². The Morgan fingerprint density at radius 1 is 1.55 bits per heavy atom. The van der Waals surface area contributed by atoms with Crippen LogP contribution in [0.1, 0.15) is 41.6 Å². The minimum atomic E-state index is -0.419. The van der Waals surface area contributed by atoms with Gasteiger partial charge in [0.2, 0.25) is 0 Å². The fraction of sp³-hybridized carbons (Fsp3) is 0.500. The van der Waals surface area contributed by atoms with Gasteiger partial charge in [-0.15, -0.1) is 5.10 Å². The first-order valence-electron chi connectivity index (χ1n) is 7.02. The highest BCUT2D eigenvalue weighted by Crippen LogP contribution is 2.24. The van der Waals surface area contributed by atoms with Gasteiger partial charge in [-0.3, -0.25) is 4.57 Å². The number of ether oxygens (including phenoxy) is 1. The number of esters is 1. The molecular weight excluding hydrogens is 306 g/mol. The normalized spacial score (nSPS) is 10.9. The summed E-state index contributed by atoms with van der Waals surface area (Å²) in [6.07, 6.45) is 1.92. The zero-order chi connectivity index (χ0) is 16.1. The molecule has 0 fully saturated rings. The molecule has 0 amide bonds. The minimum Gasteiger partial charge on any atom is -0.465 e. The van der Waals surface area contributed by atoms with Crippen molar-refractivity contribution in [1.82, 2.24) is 14.8 Å². The van der Waals surface area contributed by atoms with E-state index in [1.807, 2.05) is 0 Å². The van der Waals surface area contributed by atoms with Crippen LogP contribution in [0.2, 0.25) is 0 Å². The summed E-state index contributed by atoms with van der Waals surface area (Å²) in [4.78, 5) is 23.2. The summed E-state index contributed by atoms with van der Waals surface area (Å²) in [5, 5.41) is 7.10. The largest absolute Gasteiger partial charge is 0.465 e. The number of nitrogens with zero attached hydrogens (tertiary/aromatic N) is 2. The zero-order valence-electron chi connectivity index (χ0n) is 12.8.